The molecule has 0 radical (unpaired) electrons. The van der Waals surface area contributed by atoms with Crippen molar-refractivity contribution in [1.29, 1.82) is 0 Å². The van der Waals surface area contributed by atoms with Gasteiger partial charge in [-0.25, -0.2) is 0 Å². The SMILES string of the molecule is Pc1cccc2c1[C@@]1(CC2)CCc2cccc(NCCSc3ccc4ccccc4c3)c21. The van der Waals surface area contributed by atoms with Crippen LogP contribution in [0.5, 0.6) is 0 Å². The van der Waals surface area contributed by atoms with Crippen molar-refractivity contribution in [2.24, 2.45) is 0 Å². The molecule has 6 rings (SSSR count). The van der Waals surface area contributed by atoms with Crippen LogP contribution in [0.4, 0.5) is 5.69 Å². The zero-order chi connectivity index (χ0) is 21.5. The second-order valence-electron chi connectivity index (χ2n) is 9.09. The molecule has 0 aliphatic heterocycles. The second kappa shape index (κ2) is 8.25. The highest BCUT2D eigenvalue weighted by Gasteiger charge is 2.46. The summed E-state index contributed by atoms with van der Waals surface area (Å²) in [5.41, 5.74) is 7.79. The van der Waals surface area contributed by atoms with E-state index in [1.54, 1.807) is 22.3 Å². The summed E-state index contributed by atoms with van der Waals surface area (Å²) in [5.74, 6) is 1.06. The molecular weight excluding hydrogens is 425 g/mol. The van der Waals surface area contributed by atoms with Gasteiger partial charge in [-0.15, -0.1) is 21.0 Å². The molecule has 1 unspecified atom stereocenters. The Balaban J connectivity index is 1.22. The summed E-state index contributed by atoms with van der Waals surface area (Å²) in [7, 11) is 3.01. The van der Waals surface area contributed by atoms with Crippen molar-refractivity contribution in [3.05, 3.63) is 101 Å². The van der Waals surface area contributed by atoms with Gasteiger partial charge < -0.3 is 5.32 Å². The maximum atomic E-state index is 3.83. The number of hydrogen-bond acceptors (Lipinski definition) is 2. The maximum absolute atomic E-state index is 3.83. The van der Waals surface area contributed by atoms with Crippen molar-refractivity contribution >= 4 is 42.8 Å². The number of fused-ring (bicyclic) bond motifs is 5. The van der Waals surface area contributed by atoms with E-state index in [1.807, 2.05) is 11.8 Å². The van der Waals surface area contributed by atoms with Crippen LogP contribution in [0.15, 0.2) is 83.8 Å². The fourth-order valence-corrected chi connectivity index (χ4v) is 7.38. The first kappa shape index (κ1) is 20.3. The van der Waals surface area contributed by atoms with Gasteiger partial charge in [0.1, 0.15) is 0 Å². The van der Waals surface area contributed by atoms with E-state index in [-0.39, 0.29) is 5.41 Å². The molecule has 0 bridgehead atoms. The number of thioether (sulfide) groups is 1. The lowest BCUT2D eigenvalue weighted by molar-refractivity contribution is 0.510. The number of nitrogens with one attached hydrogen (secondary N) is 1. The number of benzene rings is 4. The van der Waals surface area contributed by atoms with Crippen LogP contribution in [0.2, 0.25) is 0 Å². The Hall–Kier alpha value is -2.28. The van der Waals surface area contributed by atoms with Crippen LogP contribution in [-0.4, -0.2) is 12.3 Å². The van der Waals surface area contributed by atoms with Crippen molar-refractivity contribution in [1.82, 2.24) is 0 Å². The van der Waals surface area contributed by atoms with Crippen molar-refractivity contribution in [2.75, 3.05) is 17.6 Å². The fourth-order valence-electron chi connectivity index (χ4n) is 5.99. The van der Waals surface area contributed by atoms with E-state index in [0.717, 1.165) is 12.3 Å². The molecule has 2 aliphatic rings. The quantitative estimate of drug-likeness (QED) is 0.204. The molecule has 2 aliphatic carbocycles. The number of anilines is 1. The van der Waals surface area contributed by atoms with Gasteiger partial charge in [-0.3, -0.25) is 0 Å². The zero-order valence-corrected chi connectivity index (χ0v) is 20.2. The van der Waals surface area contributed by atoms with E-state index in [9.17, 15) is 0 Å². The predicted octanol–water partition coefficient (Wildman–Crippen LogP) is 6.72. The molecule has 0 heterocycles. The van der Waals surface area contributed by atoms with Crippen LogP contribution >= 0.6 is 21.0 Å². The molecule has 0 saturated carbocycles. The Labute approximate surface area is 197 Å². The molecule has 2 atom stereocenters. The molecule has 0 aromatic heterocycles. The lowest BCUT2D eigenvalue weighted by atomic mass is 9.76. The van der Waals surface area contributed by atoms with Crippen LogP contribution in [0, 0.1) is 0 Å². The van der Waals surface area contributed by atoms with Crippen LogP contribution in [-0.2, 0) is 18.3 Å². The molecule has 4 aromatic carbocycles. The third kappa shape index (κ3) is 3.36. The summed E-state index contributed by atoms with van der Waals surface area (Å²) in [4.78, 5) is 1.35. The Bertz CT molecular complexity index is 1310. The van der Waals surface area contributed by atoms with Gasteiger partial charge in [-0.05, 0) is 82.2 Å². The summed E-state index contributed by atoms with van der Waals surface area (Å²) in [6.07, 6.45) is 4.87. The zero-order valence-electron chi connectivity index (χ0n) is 18.2. The molecule has 160 valence electrons. The van der Waals surface area contributed by atoms with E-state index < -0.39 is 0 Å². The predicted molar refractivity (Wildman–Crippen MR) is 143 cm³/mol. The minimum Gasteiger partial charge on any atom is -0.384 e. The van der Waals surface area contributed by atoms with Gasteiger partial charge in [0.15, 0.2) is 0 Å². The fraction of sp³-hybridized carbons (Fsp3) is 0.241. The number of rotatable bonds is 5. The first-order valence-corrected chi connectivity index (χ1v) is 13.2. The van der Waals surface area contributed by atoms with Crippen LogP contribution < -0.4 is 10.6 Å². The second-order valence-corrected chi connectivity index (χ2v) is 10.9. The Morgan fingerprint density at radius 2 is 1.53 bits per heavy atom. The first-order chi connectivity index (χ1) is 15.7. The normalized spacial score (nSPS) is 18.8. The molecule has 1 nitrogen and oxygen atoms in total. The van der Waals surface area contributed by atoms with Crippen molar-refractivity contribution in [3.63, 3.8) is 0 Å². The summed E-state index contributed by atoms with van der Waals surface area (Å²) in [5, 5.41) is 7.84. The third-order valence-electron chi connectivity index (χ3n) is 7.34. The first-order valence-electron chi connectivity index (χ1n) is 11.6. The molecule has 1 spiro atoms. The summed E-state index contributed by atoms with van der Waals surface area (Å²) >= 11 is 1.94. The molecule has 0 amide bonds. The van der Waals surface area contributed by atoms with Gasteiger partial charge in [0, 0.05) is 28.3 Å². The largest absolute Gasteiger partial charge is 0.384 e. The highest BCUT2D eigenvalue weighted by Crippen LogP contribution is 2.54. The molecule has 4 aromatic rings. The van der Waals surface area contributed by atoms with E-state index >= 15 is 0 Å². The maximum Gasteiger partial charge on any atom is 0.0384 e. The average Bonchev–Trinajstić information content (AvgIpc) is 3.40. The number of hydrogen-bond donors (Lipinski definition) is 1. The standard InChI is InChI=1S/C29H28NPS/c31-26-10-4-8-22-14-16-29(28(22)26)15-13-21-7-3-9-25(27(21)29)30-17-18-32-24-12-11-20-5-1-2-6-23(20)19-24/h1-12,19,30H,13-18,31H2/t29-/m1/s1. The van der Waals surface area contributed by atoms with Crippen molar-refractivity contribution in [3.8, 4) is 0 Å². The van der Waals surface area contributed by atoms with E-state index in [4.69, 9.17) is 0 Å². The van der Waals surface area contributed by atoms with Gasteiger partial charge in [-0.2, -0.15) is 0 Å². The minimum atomic E-state index is 0.193. The molecule has 0 fully saturated rings. The van der Waals surface area contributed by atoms with Gasteiger partial charge in [0.05, 0.1) is 0 Å². The van der Waals surface area contributed by atoms with Crippen molar-refractivity contribution < 1.29 is 0 Å². The lowest BCUT2D eigenvalue weighted by Gasteiger charge is -2.30. The Kier molecular flexibility index (Phi) is 5.24. The topological polar surface area (TPSA) is 12.0 Å². The Morgan fingerprint density at radius 1 is 0.781 bits per heavy atom. The Morgan fingerprint density at radius 3 is 2.38 bits per heavy atom. The van der Waals surface area contributed by atoms with Gasteiger partial charge in [0.2, 0.25) is 0 Å². The summed E-state index contributed by atoms with van der Waals surface area (Å²) in [6.45, 7) is 0.972. The van der Waals surface area contributed by atoms with E-state index in [2.05, 4.69) is 93.4 Å². The smallest absolute Gasteiger partial charge is 0.0384 e. The lowest BCUT2D eigenvalue weighted by Crippen LogP contribution is -2.27. The number of aryl methyl sites for hydroxylation is 2. The van der Waals surface area contributed by atoms with E-state index in [0.29, 0.717) is 0 Å². The molecule has 32 heavy (non-hydrogen) atoms. The van der Waals surface area contributed by atoms with E-state index in [1.165, 1.54) is 52.3 Å². The van der Waals surface area contributed by atoms with Crippen LogP contribution in [0.3, 0.4) is 0 Å². The van der Waals surface area contributed by atoms with Crippen molar-refractivity contribution in [2.45, 2.75) is 36.0 Å². The van der Waals surface area contributed by atoms with Crippen LogP contribution in [0.25, 0.3) is 10.8 Å². The molecule has 3 heteroatoms. The monoisotopic (exact) mass is 453 g/mol. The molecule has 1 N–H and O–H groups in total. The highest BCUT2D eigenvalue weighted by atomic mass is 32.2. The van der Waals surface area contributed by atoms with Gasteiger partial charge in [0.25, 0.3) is 0 Å². The summed E-state index contributed by atoms with van der Waals surface area (Å²) < 4.78 is 0. The molecule has 0 saturated heterocycles. The minimum absolute atomic E-state index is 0.193. The van der Waals surface area contributed by atoms with Gasteiger partial charge in [-0.1, -0.05) is 60.7 Å². The van der Waals surface area contributed by atoms with Gasteiger partial charge >= 0.3 is 0 Å². The van der Waals surface area contributed by atoms with Crippen LogP contribution in [0.1, 0.15) is 35.1 Å². The average molecular weight is 454 g/mol. The summed E-state index contributed by atoms with van der Waals surface area (Å²) in [6, 6.07) is 29.1. The highest BCUT2D eigenvalue weighted by molar-refractivity contribution is 7.99. The third-order valence-corrected chi connectivity index (χ3v) is 8.82. The molecular formula is C29H28NPS.